The van der Waals surface area contributed by atoms with Crippen molar-refractivity contribution >= 4 is 18.0 Å². The van der Waals surface area contributed by atoms with Crippen LogP contribution in [0.1, 0.15) is 41.1 Å². The van der Waals surface area contributed by atoms with Gasteiger partial charge in [0, 0.05) is 13.1 Å². The second-order valence-electron chi connectivity index (χ2n) is 9.94. The zero-order chi connectivity index (χ0) is 30.3. The molecule has 0 saturated carbocycles. The maximum Gasteiger partial charge on any atom is 0.407 e. The minimum Gasteiger partial charge on any atom is -0.508 e. The van der Waals surface area contributed by atoms with Crippen LogP contribution in [-0.2, 0) is 22.7 Å². The minimum absolute atomic E-state index is 0.132. The lowest BCUT2D eigenvalue weighted by Gasteiger charge is -2.23. The normalized spacial score (nSPS) is 11.3. The molecule has 4 aromatic rings. The van der Waals surface area contributed by atoms with Gasteiger partial charge < -0.3 is 31.1 Å². The Kier molecular flexibility index (Phi) is 11.6. The maximum absolute atomic E-state index is 13.3. The van der Waals surface area contributed by atoms with Gasteiger partial charge in [0.15, 0.2) is 0 Å². The number of phenolic OH excluding ortho intramolecular Hbond substituents is 1. The molecule has 0 aromatic heterocycles. The standard InChI is InChI=1S/C34H36N4O5/c39-29-20-18-25(19-21-29)23-36-32(40)30(17-10-22-35-34(42)43-24-26-11-4-1-5-12-26)37-33(41)38-31(27-13-6-2-7-14-27)28-15-8-3-9-16-28/h1-9,11-16,18-21,30-31,39H,10,17,22-24H2,(H,35,42)(H,36,40)(H2,37,38,41). The van der Waals surface area contributed by atoms with Gasteiger partial charge in [0.25, 0.3) is 0 Å². The van der Waals surface area contributed by atoms with Crippen LogP contribution in [0, 0.1) is 0 Å². The fourth-order valence-corrected chi connectivity index (χ4v) is 4.45. The number of hydrogen-bond acceptors (Lipinski definition) is 5. The quantitative estimate of drug-likeness (QED) is 0.139. The lowest BCUT2D eigenvalue weighted by atomic mass is 9.99. The molecule has 0 aliphatic carbocycles. The number of hydrogen-bond donors (Lipinski definition) is 5. The molecular formula is C34H36N4O5. The zero-order valence-corrected chi connectivity index (χ0v) is 23.7. The highest BCUT2D eigenvalue weighted by atomic mass is 16.5. The van der Waals surface area contributed by atoms with Crippen molar-refractivity contribution in [2.24, 2.45) is 0 Å². The first-order chi connectivity index (χ1) is 21.0. The summed E-state index contributed by atoms with van der Waals surface area (Å²) in [5.74, 6) is -0.238. The molecule has 0 radical (unpaired) electrons. The van der Waals surface area contributed by atoms with E-state index in [0.29, 0.717) is 6.42 Å². The molecule has 43 heavy (non-hydrogen) atoms. The van der Waals surface area contributed by atoms with Crippen molar-refractivity contribution < 1.29 is 24.2 Å². The van der Waals surface area contributed by atoms with Crippen molar-refractivity contribution in [1.29, 1.82) is 0 Å². The Balaban J connectivity index is 1.36. The molecule has 0 fully saturated rings. The van der Waals surface area contributed by atoms with Gasteiger partial charge in [0.2, 0.25) is 5.91 Å². The van der Waals surface area contributed by atoms with Crippen LogP contribution < -0.4 is 21.3 Å². The van der Waals surface area contributed by atoms with E-state index in [1.807, 2.05) is 91.0 Å². The van der Waals surface area contributed by atoms with Crippen molar-refractivity contribution in [2.75, 3.05) is 6.54 Å². The van der Waals surface area contributed by atoms with Gasteiger partial charge >= 0.3 is 12.1 Å². The summed E-state index contributed by atoms with van der Waals surface area (Å²) in [5, 5.41) is 20.9. The fourth-order valence-electron chi connectivity index (χ4n) is 4.45. The van der Waals surface area contributed by atoms with Crippen LogP contribution in [0.15, 0.2) is 115 Å². The first-order valence-corrected chi connectivity index (χ1v) is 14.1. The van der Waals surface area contributed by atoms with E-state index < -0.39 is 24.2 Å². The topological polar surface area (TPSA) is 129 Å². The minimum atomic E-state index is -0.869. The van der Waals surface area contributed by atoms with Gasteiger partial charge in [-0.2, -0.15) is 0 Å². The van der Waals surface area contributed by atoms with Gasteiger partial charge in [-0.1, -0.05) is 103 Å². The van der Waals surface area contributed by atoms with Gasteiger partial charge in [-0.05, 0) is 47.2 Å². The smallest absolute Gasteiger partial charge is 0.407 e. The number of alkyl carbamates (subject to hydrolysis) is 1. The second kappa shape index (κ2) is 16.2. The van der Waals surface area contributed by atoms with E-state index in [2.05, 4.69) is 21.3 Å². The molecule has 1 unspecified atom stereocenters. The number of carbonyl (C=O) groups excluding carboxylic acids is 3. The SMILES string of the molecule is O=C(NC(CCCNC(=O)OCc1ccccc1)C(=O)NCc1ccc(O)cc1)NC(c1ccccc1)c1ccccc1. The summed E-state index contributed by atoms with van der Waals surface area (Å²) >= 11 is 0. The average Bonchev–Trinajstić information content (AvgIpc) is 3.05. The molecule has 4 aromatic carbocycles. The number of phenols is 1. The maximum atomic E-state index is 13.3. The van der Waals surface area contributed by atoms with Gasteiger partial charge in [0.1, 0.15) is 18.4 Å². The lowest BCUT2D eigenvalue weighted by molar-refractivity contribution is -0.123. The lowest BCUT2D eigenvalue weighted by Crippen LogP contribution is -2.50. The summed E-state index contributed by atoms with van der Waals surface area (Å²) in [6.07, 6.45) is 0.130. The van der Waals surface area contributed by atoms with E-state index in [0.717, 1.165) is 22.3 Å². The molecule has 0 saturated heterocycles. The van der Waals surface area contributed by atoms with Crippen LogP contribution in [0.2, 0.25) is 0 Å². The number of rotatable bonds is 13. The van der Waals surface area contributed by atoms with E-state index in [1.54, 1.807) is 24.3 Å². The molecule has 0 spiro atoms. The Morgan fingerprint density at radius 1 is 0.674 bits per heavy atom. The molecule has 4 rings (SSSR count). The monoisotopic (exact) mass is 580 g/mol. The molecule has 9 nitrogen and oxygen atoms in total. The molecule has 9 heteroatoms. The number of amides is 4. The largest absolute Gasteiger partial charge is 0.508 e. The van der Waals surface area contributed by atoms with Crippen molar-refractivity contribution in [3.63, 3.8) is 0 Å². The van der Waals surface area contributed by atoms with Crippen LogP contribution in [0.4, 0.5) is 9.59 Å². The third-order valence-electron chi connectivity index (χ3n) is 6.72. The van der Waals surface area contributed by atoms with Crippen LogP contribution >= 0.6 is 0 Å². The van der Waals surface area contributed by atoms with E-state index >= 15 is 0 Å². The van der Waals surface area contributed by atoms with Crippen molar-refractivity contribution in [1.82, 2.24) is 21.3 Å². The third kappa shape index (κ3) is 10.2. The summed E-state index contributed by atoms with van der Waals surface area (Å²) < 4.78 is 5.24. The van der Waals surface area contributed by atoms with Gasteiger partial charge in [-0.25, -0.2) is 9.59 Å². The first-order valence-electron chi connectivity index (χ1n) is 14.1. The average molecular weight is 581 g/mol. The predicted octanol–water partition coefficient (Wildman–Crippen LogP) is 5.17. The molecule has 0 aliphatic heterocycles. The molecule has 4 amide bonds. The van der Waals surface area contributed by atoms with E-state index in [4.69, 9.17) is 4.74 Å². The predicted molar refractivity (Wildman–Crippen MR) is 164 cm³/mol. The number of benzene rings is 4. The second-order valence-corrected chi connectivity index (χ2v) is 9.94. The molecule has 5 N–H and O–H groups in total. The van der Waals surface area contributed by atoms with Crippen molar-refractivity contribution in [3.8, 4) is 5.75 Å². The van der Waals surface area contributed by atoms with E-state index in [1.165, 1.54) is 0 Å². The Labute approximate surface area is 251 Å². The van der Waals surface area contributed by atoms with Crippen LogP contribution in [0.3, 0.4) is 0 Å². The Hall–Kier alpha value is -5.31. The highest BCUT2D eigenvalue weighted by Gasteiger charge is 2.23. The van der Waals surface area contributed by atoms with Gasteiger partial charge in [-0.3, -0.25) is 4.79 Å². The number of carbonyl (C=O) groups is 3. The van der Waals surface area contributed by atoms with Crippen molar-refractivity contribution in [3.05, 3.63) is 138 Å². The first kappa shape index (κ1) is 30.6. The van der Waals surface area contributed by atoms with E-state index in [9.17, 15) is 19.5 Å². The molecular weight excluding hydrogens is 544 g/mol. The molecule has 0 heterocycles. The van der Waals surface area contributed by atoms with E-state index in [-0.39, 0.29) is 37.8 Å². The van der Waals surface area contributed by atoms with Crippen LogP contribution in [-0.4, -0.2) is 35.7 Å². The Morgan fingerprint density at radius 2 is 1.26 bits per heavy atom. The van der Waals surface area contributed by atoms with Gasteiger partial charge in [0.05, 0.1) is 6.04 Å². The van der Waals surface area contributed by atoms with Crippen LogP contribution in [0.5, 0.6) is 5.75 Å². The van der Waals surface area contributed by atoms with Crippen LogP contribution in [0.25, 0.3) is 0 Å². The number of aromatic hydroxyl groups is 1. The molecule has 0 aliphatic rings. The summed E-state index contributed by atoms with van der Waals surface area (Å²) in [4.78, 5) is 38.6. The number of ether oxygens (including phenoxy) is 1. The summed E-state index contributed by atoms with van der Waals surface area (Å²) in [6, 6.07) is 33.2. The Morgan fingerprint density at radius 3 is 1.86 bits per heavy atom. The summed E-state index contributed by atoms with van der Waals surface area (Å²) in [7, 11) is 0. The fraction of sp³-hybridized carbons (Fsp3) is 0.206. The number of urea groups is 1. The summed E-state index contributed by atoms with van der Waals surface area (Å²) in [6.45, 7) is 0.635. The third-order valence-corrected chi connectivity index (χ3v) is 6.72. The highest BCUT2D eigenvalue weighted by Crippen LogP contribution is 2.21. The molecule has 1 atom stereocenters. The zero-order valence-electron chi connectivity index (χ0n) is 23.7. The summed E-state index contributed by atoms with van der Waals surface area (Å²) in [5.41, 5.74) is 3.47. The number of nitrogens with one attached hydrogen (secondary N) is 4. The highest BCUT2D eigenvalue weighted by molar-refractivity contribution is 5.87. The molecule has 222 valence electrons. The van der Waals surface area contributed by atoms with Gasteiger partial charge in [-0.15, -0.1) is 0 Å². The Bertz CT molecular complexity index is 1390. The molecule has 0 bridgehead atoms. The van der Waals surface area contributed by atoms with Crippen molar-refractivity contribution in [2.45, 2.75) is 38.1 Å².